The summed E-state index contributed by atoms with van der Waals surface area (Å²) in [4.78, 5) is 24.2. The Morgan fingerprint density at radius 2 is 2.03 bits per heavy atom. The lowest BCUT2D eigenvalue weighted by Gasteiger charge is -2.10. The average Bonchev–Trinajstić information content (AvgIpc) is 3.09. The van der Waals surface area contributed by atoms with Crippen molar-refractivity contribution >= 4 is 28.6 Å². The highest BCUT2D eigenvalue weighted by Gasteiger charge is 2.20. The van der Waals surface area contributed by atoms with E-state index in [1.54, 1.807) is 25.1 Å². The van der Waals surface area contributed by atoms with Crippen molar-refractivity contribution in [2.45, 2.75) is 13.5 Å². The van der Waals surface area contributed by atoms with Crippen molar-refractivity contribution in [1.82, 2.24) is 24.7 Å². The van der Waals surface area contributed by atoms with E-state index in [0.29, 0.717) is 22.3 Å². The van der Waals surface area contributed by atoms with Crippen molar-refractivity contribution in [1.29, 1.82) is 0 Å². The van der Waals surface area contributed by atoms with E-state index in [4.69, 9.17) is 5.73 Å². The molecule has 31 heavy (non-hydrogen) atoms. The Bertz CT molecular complexity index is 1280. The number of halogens is 2. The van der Waals surface area contributed by atoms with E-state index < -0.39 is 17.7 Å². The molecule has 0 aliphatic carbocycles. The molecule has 158 valence electrons. The third-order valence-corrected chi connectivity index (χ3v) is 4.57. The fraction of sp³-hybridized carbons (Fsp3) is 0.150. The molecule has 0 atom stereocenters. The number of aromatic nitrogens is 5. The van der Waals surface area contributed by atoms with Crippen LogP contribution in [-0.4, -0.2) is 37.9 Å². The van der Waals surface area contributed by atoms with E-state index in [9.17, 15) is 13.6 Å². The first-order valence-corrected chi connectivity index (χ1v) is 9.12. The predicted octanol–water partition coefficient (Wildman–Crippen LogP) is 3.28. The van der Waals surface area contributed by atoms with Gasteiger partial charge in [0.05, 0.1) is 30.9 Å². The van der Waals surface area contributed by atoms with Crippen LogP contribution in [0.2, 0.25) is 0 Å². The van der Waals surface area contributed by atoms with E-state index in [0.717, 1.165) is 6.20 Å². The van der Waals surface area contributed by atoms with Gasteiger partial charge in [-0.25, -0.2) is 33.2 Å². The maximum atomic E-state index is 14.1. The number of rotatable bonds is 4. The number of methoxy groups -OCH3 is 1. The number of nitrogen functional groups attached to an aromatic ring is 1. The van der Waals surface area contributed by atoms with E-state index in [2.05, 4.69) is 30.1 Å². The van der Waals surface area contributed by atoms with Crippen LogP contribution in [0.3, 0.4) is 0 Å². The highest BCUT2D eigenvalue weighted by atomic mass is 19.1. The van der Waals surface area contributed by atoms with Crippen LogP contribution in [-0.2, 0) is 11.3 Å². The van der Waals surface area contributed by atoms with Crippen molar-refractivity contribution in [2.24, 2.45) is 0 Å². The van der Waals surface area contributed by atoms with Crippen LogP contribution in [0.25, 0.3) is 22.6 Å². The van der Waals surface area contributed by atoms with Crippen molar-refractivity contribution in [3.63, 3.8) is 0 Å². The van der Waals surface area contributed by atoms with Crippen LogP contribution in [0.15, 0.2) is 36.5 Å². The lowest BCUT2D eigenvalue weighted by atomic mass is 10.2. The Hall–Kier alpha value is -4.15. The highest BCUT2D eigenvalue weighted by Crippen LogP contribution is 2.29. The zero-order valence-electron chi connectivity index (χ0n) is 16.6. The highest BCUT2D eigenvalue weighted by molar-refractivity contribution is 5.92. The fourth-order valence-electron chi connectivity index (χ4n) is 3.11. The minimum atomic E-state index is -0.725. The van der Waals surface area contributed by atoms with Gasteiger partial charge < -0.3 is 10.5 Å². The second kappa shape index (κ2) is 7.94. The van der Waals surface area contributed by atoms with Crippen LogP contribution in [0.1, 0.15) is 11.3 Å². The number of fused-ring (bicyclic) bond motifs is 1. The Morgan fingerprint density at radius 1 is 1.26 bits per heavy atom. The number of carbonyl (C=O) groups excluding carboxylic acids is 1. The van der Waals surface area contributed by atoms with Crippen LogP contribution in [0.5, 0.6) is 0 Å². The summed E-state index contributed by atoms with van der Waals surface area (Å²) in [6, 6.07) is 7.51. The molecule has 3 heterocycles. The molecular formula is C20H17F2N7O2. The largest absolute Gasteiger partial charge is 0.453 e. The molecule has 0 spiro atoms. The number of nitrogens with zero attached hydrogens (tertiary/aromatic N) is 5. The first-order valence-electron chi connectivity index (χ1n) is 9.12. The van der Waals surface area contributed by atoms with Crippen LogP contribution >= 0.6 is 0 Å². The van der Waals surface area contributed by atoms with E-state index in [1.165, 1.54) is 23.9 Å². The van der Waals surface area contributed by atoms with Crippen molar-refractivity contribution < 1.29 is 18.3 Å². The first kappa shape index (κ1) is 20.1. The lowest BCUT2D eigenvalue weighted by Crippen LogP contribution is -2.15. The van der Waals surface area contributed by atoms with Gasteiger partial charge in [-0.2, -0.15) is 5.10 Å². The quantitative estimate of drug-likeness (QED) is 0.515. The number of hydrogen-bond acceptors (Lipinski definition) is 7. The zero-order chi connectivity index (χ0) is 22.1. The summed E-state index contributed by atoms with van der Waals surface area (Å²) in [5.41, 5.74) is 7.47. The molecular weight excluding hydrogens is 408 g/mol. The van der Waals surface area contributed by atoms with Gasteiger partial charge in [0.15, 0.2) is 17.3 Å². The van der Waals surface area contributed by atoms with Crippen molar-refractivity contribution in [3.8, 4) is 11.5 Å². The van der Waals surface area contributed by atoms with Gasteiger partial charge in [0.2, 0.25) is 0 Å². The molecule has 4 aromatic rings. The molecule has 0 aliphatic rings. The molecule has 11 heteroatoms. The number of hydrogen-bond donors (Lipinski definition) is 2. The number of benzene rings is 1. The smallest absolute Gasteiger partial charge is 0.411 e. The molecule has 0 saturated heterocycles. The average molecular weight is 425 g/mol. The minimum absolute atomic E-state index is 0.0194. The molecule has 0 bridgehead atoms. The van der Waals surface area contributed by atoms with Gasteiger partial charge in [-0.3, -0.25) is 5.32 Å². The van der Waals surface area contributed by atoms with E-state index in [1.807, 2.05) is 0 Å². The summed E-state index contributed by atoms with van der Waals surface area (Å²) in [6.45, 7) is 1.68. The summed E-state index contributed by atoms with van der Waals surface area (Å²) >= 11 is 0. The number of pyridine rings is 1. The summed E-state index contributed by atoms with van der Waals surface area (Å²) in [6.07, 6.45) is 0.326. The number of ether oxygens (including phenoxy) is 1. The maximum Gasteiger partial charge on any atom is 0.411 e. The van der Waals surface area contributed by atoms with Gasteiger partial charge in [0.1, 0.15) is 23.0 Å². The Labute approximate surface area is 174 Å². The van der Waals surface area contributed by atoms with Crippen molar-refractivity contribution in [3.05, 3.63) is 59.4 Å². The van der Waals surface area contributed by atoms with Crippen LogP contribution in [0, 0.1) is 18.6 Å². The number of aryl methyl sites for hydroxylation is 1. The van der Waals surface area contributed by atoms with Crippen LogP contribution < -0.4 is 11.1 Å². The normalized spacial score (nSPS) is 11.0. The standard InChI is InChI=1S/C20H17F2N7O2/c1-10-15(26-20(30)31-2)17(23)27-18(25-10)16-13-7-12(21)8-24-19(13)29(28-16)9-11-5-3-4-6-14(11)22/h3-8H,9H2,1-2H3,(H,26,30)(H2,23,25,27). The fourth-order valence-corrected chi connectivity index (χ4v) is 3.11. The number of amides is 1. The molecule has 0 unspecified atom stereocenters. The van der Waals surface area contributed by atoms with E-state index in [-0.39, 0.29) is 29.6 Å². The number of nitrogens with two attached hydrogens (primary N) is 1. The monoisotopic (exact) mass is 425 g/mol. The molecule has 3 N–H and O–H groups in total. The molecule has 0 radical (unpaired) electrons. The summed E-state index contributed by atoms with van der Waals surface area (Å²) < 4.78 is 34.1. The predicted molar refractivity (Wildman–Crippen MR) is 109 cm³/mol. The van der Waals surface area contributed by atoms with Crippen LogP contribution in [0.4, 0.5) is 25.1 Å². The van der Waals surface area contributed by atoms with Gasteiger partial charge in [0, 0.05) is 5.56 Å². The number of anilines is 2. The Kier molecular flexibility index (Phi) is 5.15. The molecule has 9 nitrogen and oxygen atoms in total. The molecule has 3 aromatic heterocycles. The molecule has 1 aromatic carbocycles. The topological polar surface area (TPSA) is 121 Å². The molecule has 0 saturated carbocycles. The SMILES string of the molecule is COC(=O)Nc1c(C)nc(-c2nn(Cc3ccccc3F)c3ncc(F)cc23)nc1N. The second-order valence-corrected chi connectivity index (χ2v) is 6.63. The van der Waals surface area contributed by atoms with E-state index >= 15 is 0 Å². The zero-order valence-corrected chi connectivity index (χ0v) is 16.6. The van der Waals surface area contributed by atoms with Gasteiger partial charge in [-0.05, 0) is 19.1 Å². The first-order chi connectivity index (χ1) is 14.9. The molecule has 0 aliphatic heterocycles. The third kappa shape index (κ3) is 3.84. The van der Waals surface area contributed by atoms with Gasteiger partial charge in [0.25, 0.3) is 0 Å². The molecule has 1 amide bonds. The Balaban J connectivity index is 1.84. The van der Waals surface area contributed by atoms with Gasteiger partial charge in [-0.1, -0.05) is 18.2 Å². The number of nitrogens with one attached hydrogen (secondary N) is 1. The Morgan fingerprint density at radius 3 is 2.74 bits per heavy atom. The molecule has 4 rings (SSSR count). The third-order valence-electron chi connectivity index (χ3n) is 4.57. The summed E-state index contributed by atoms with van der Waals surface area (Å²) in [7, 11) is 1.21. The second-order valence-electron chi connectivity index (χ2n) is 6.63. The van der Waals surface area contributed by atoms with Gasteiger partial charge in [-0.15, -0.1) is 0 Å². The molecule has 0 fully saturated rings. The maximum absolute atomic E-state index is 14.1. The lowest BCUT2D eigenvalue weighted by molar-refractivity contribution is 0.187. The van der Waals surface area contributed by atoms with Gasteiger partial charge >= 0.3 is 6.09 Å². The summed E-state index contributed by atoms with van der Waals surface area (Å²) in [5, 5.41) is 7.24. The number of carbonyl (C=O) groups is 1. The minimum Gasteiger partial charge on any atom is -0.453 e. The summed E-state index contributed by atoms with van der Waals surface area (Å²) in [5.74, 6) is -0.888. The van der Waals surface area contributed by atoms with Crippen molar-refractivity contribution in [2.75, 3.05) is 18.2 Å².